The third-order valence-electron chi connectivity index (χ3n) is 3.72. The number of hydrogen-bond acceptors (Lipinski definition) is 4. The molecule has 0 spiro atoms. The van der Waals surface area contributed by atoms with Crippen LogP contribution in [0.2, 0.25) is 0 Å². The number of fused-ring (bicyclic) bond motifs is 1. The molecule has 3 rings (SSSR count). The minimum atomic E-state index is -0.500. The van der Waals surface area contributed by atoms with E-state index in [1.165, 1.54) is 12.1 Å². The molecular formula is C14H12N4O2. The van der Waals surface area contributed by atoms with Crippen LogP contribution in [0.15, 0.2) is 30.7 Å². The molecule has 1 aliphatic rings. The molecule has 6 heteroatoms. The summed E-state index contributed by atoms with van der Waals surface area (Å²) in [5.74, 6) is 0. The Labute approximate surface area is 115 Å². The first kappa shape index (κ1) is 12.4. The molecular weight excluding hydrogens is 256 g/mol. The number of aryl methyl sites for hydroxylation is 1. The molecule has 1 atom stereocenters. The molecule has 0 saturated heterocycles. The van der Waals surface area contributed by atoms with Gasteiger partial charge in [0, 0.05) is 18.0 Å². The van der Waals surface area contributed by atoms with Crippen molar-refractivity contribution < 1.29 is 4.92 Å². The second-order valence-electron chi connectivity index (χ2n) is 4.85. The van der Waals surface area contributed by atoms with Crippen molar-refractivity contribution in [1.82, 2.24) is 9.55 Å². The van der Waals surface area contributed by atoms with Crippen LogP contribution in [-0.2, 0) is 6.42 Å². The summed E-state index contributed by atoms with van der Waals surface area (Å²) < 4.78 is 2.06. The van der Waals surface area contributed by atoms with Crippen LogP contribution in [0.25, 0.3) is 0 Å². The summed E-state index contributed by atoms with van der Waals surface area (Å²) in [5.41, 5.74) is 1.97. The van der Waals surface area contributed by atoms with Gasteiger partial charge in [-0.1, -0.05) is 6.07 Å². The highest BCUT2D eigenvalue weighted by Crippen LogP contribution is 2.32. The summed E-state index contributed by atoms with van der Waals surface area (Å²) in [7, 11) is 0. The van der Waals surface area contributed by atoms with Crippen molar-refractivity contribution in [2.24, 2.45) is 0 Å². The quantitative estimate of drug-likeness (QED) is 0.619. The van der Waals surface area contributed by atoms with Crippen LogP contribution < -0.4 is 0 Å². The van der Waals surface area contributed by atoms with Crippen molar-refractivity contribution in [2.45, 2.75) is 25.3 Å². The van der Waals surface area contributed by atoms with Crippen LogP contribution in [0.3, 0.4) is 0 Å². The van der Waals surface area contributed by atoms with Gasteiger partial charge in [-0.3, -0.25) is 10.1 Å². The van der Waals surface area contributed by atoms with Crippen LogP contribution in [0.1, 0.15) is 35.7 Å². The molecule has 0 saturated carbocycles. The van der Waals surface area contributed by atoms with E-state index in [9.17, 15) is 10.1 Å². The maximum atomic E-state index is 11.0. The van der Waals surface area contributed by atoms with Gasteiger partial charge in [-0.05, 0) is 30.9 Å². The largest absolute Gasteiger partial charge is 0.327 e. The number of rotatable bonds is 2. The standard InChI is InChI=1S/C14H12N4O2/c15-7-11-5-4-10(6-14(11)18(19)20)13-3-1-2-12-8-16-9-17(12)13/h4-6,8-9,13H,1-3H2. The average Bonchev–Trinajstić information content (AvgIpc) is 2.94. The molecule has 0 N–H and O–H groups in total. The Kier molecular flexibility index (Phi) is 2.95. The molecule has 1 aromatic heterocycles. The van der Waals surface area contributed by atoms with Crippen molar-refractivity contribution in [2.75, 3.05) is 0 Å². The number of imidazole rings is 1. The molecule has 6 nitrogen and oxygen atoms in total. The Hall–Kier alpha value is -2.68. The van der Waals surface area contributed by atoms with E-state index < -0.39 is 4.92 Å². The van der Waals surface area contributed by atoms with Gasteiger partial charge in [0.1, 0.15) is 11.6 Å². The Morgan fingerprint density at radius 1 is 1.50 bits per heavy atom. The summed E-state index contributed by atoms with van der Waals surface area (Å²) in [6, 6.07) is 6.76. The molecule has 1 aliphatic heterocycles. The highest BCUT2D eigenvalue weighted by molar-refractivity contribution is 5.51. The van der Waals surface area contributed by atoms with Gasteiger partial charge in [-0.15, -0.1) is 0 Å². The third-order valence-corrected chi connectivity index (χ3v) is 3.72. The Morgan fingerprint density at radius 2 is 2.35 bits per heavy atom. The number of benzene rings is 1. The smallest absolute Gasteiger partial charge is 0.287 e. The fourth-order valence-corrected chi connectivity index (χ4v) is 2.75. The number of nitrogens with zero attached hydrogens (tertiary/aromatic N) is 4. The van der Waals surface area contributed by atoms with Gasteiger partial charge >= 0.3 is 0 Å². The predicted octanol–water partition coefficient (Wildman–Crippen LogP) is 2.59. The molecule has 0 amide bonds. The minimum Gasteiger partial charge on any atom is -0.327 e. The normalized spacial score (nSPS) is 17.2. The molecule has 100 valence electrons. The van der Waals surface area contributed by atoms with Gasteiger partial charge in [-0.2, -0.15) is 5.26 Å². The average molecular weight is 268 g/mol. The van der Waals surface area contributed by atoms with Crippen LogP contribution >= 0.6 is 0 Å². The summed E-state index contributed by atoms with van der Waals surface area (Å²) in [6.07, 6.45) is 6.54. The topological polar surface area (TPSA) is 84.8 Å². The van der Waals surface area contributed by atoms with Crippen molar-refractivity contribution >= 4 is 5.69 Å². The lowest BCUT2D eigenvalue weighted by Gasteiger charge is -2.25. The number of nitro groups is 1. The first-order valence-corrected chi connectivity index (χ1v) is 6.40. The SMILES string of the molecule is N#Cc1ccc(C2CCCc3cncn32)cc1[N+](=O)[O-]. The highest BCUT2D eigenvalue weighted by Gasteiger charge is 2.24. The number of aromatic nitrogens is 2. The van der Waals surface area contributed by atoms with E-state index in [1.54, 1.807) is 12.4 Å². The molecule has 0 aliphatic carbocycles. The van der Waals surface area contributed by atoms with Crippen molar-refractivity contribution in [3.05, 3.63) is 57.7 Å². The van der Waals surface area contributed by atoms with Crippen LogP contribution in [0.5, 0.6) is 0 Å². The lowest BCUT2D eigenvalue weighted by molar-refractivity contribution is -0.385. The van der Waals surface area contributed by atoms with Gasteiger partial charge in [0.15, 0.2) is 0 Å². The Bertz CT molecular complexity index is 714. The van der Waals surface area contributed by atoms with Crippen molar-refractivity contribution in [3.8, 4) is 6.07 Å². The third kappa shape index (κ3) is 1.93. The van der Waals surface area contributed by atoms with E-state index in [2.05, 4.69) is 9.55 Å². The maximum absolute atomic E-state index is 11.0. The van der Waals surface area contributed by atoms with Gasteiger partial charge in [0.2, 0.25) is 0 Å². The fourth-order valence-electron chi connectivity index (χ4n) is 2.75. The Morgan fingerprint density at radius 3 is 3.10 bits per heavy atom. The zero-order valence-electron chi connectivity index (χ0n) is 10.7. The van der Waals surface area contributed by atoms with E-state index in [0.29, 0.717) is 0 Å². The lowest BCUT2D eigenvalue weighted by Crippen LogP contribution is -2.17. The summed E-state index contributed by atoms with van der Waals surface area (Å²) >= 11 is 0. The molecule has 0 fully saturated rings. The van der Waals surface area contributed by atoms with Gasteiger partial charge in [-0.25, -0.2) is 4.98 Å². The zero-order valence-corrected chi connectivity index (χ0v) is 10.7. The van der Waals surface area contributed by atoms with Crippen LogP contribution in [0.4, 0.5) is 5.69 Å². The first-order valence-electron chi connectivity index (χ1n) is 6.40. The second kappa shape index (κ2) is 4.78. The van der Waals surface area contributed by atoms with Crippen molar-refractivity contribution in [3.63, 3.8) is 0 Å². The Balaban J connectivity index is 2.07. The maximum Gasteiger partial charge on any atom is 0.287 e. The second-order valence-corrected chi connectivity index (χ2v) is 4.85. The summed E-state index contributed by atoms with van der Waals surface area (Å²) in [5, 5.41) is 20.0. The number of nitriles is 1. The highest BCUT2D eigenvalue weighted by atomic mass is 16.6. The summed E-state index contributed by atoms with van der Waals surface area (Å²) in [6.45, 7) is 0. The van der Waals surface area contributed by atoms with E-state index in [0.717, 1.165) is 30.5 Å². The van der Waals surface area contributed by atoms with Crippen molar-refractivity contribution in [1.29, 1.82) is 5.26 Å². The number of nitro benzene ring substituents is 1. The van der Waals surface area contributed by atoms with E-state index in [-0.39, 0.29) is 17.3 Å². The minimum absolute atomic E-state index is 0.0627. The number of hydrogen-bond donors (Lipinski definition) is 0. The molecule has 0 radical (unpaired) electrons. The van der Waals surface area contributed by atoms with Crippen LogP contribution in [-0.4, -0.2) is 14.5 Å². The van der Waals surface area contributed by atoms with Gasteiger partial charge in [0.25, 0.3) is 5.69 Å². The molecule has 2 aromatic rings. The monoisotopic (exact) mass is 268 g/mol. The summed E-state index contributed by atoms with van der Waals surface area (Å²) in [4.78, 5) is 14.7. The molecule has 1 unspecified atom stereocenters. The van der Waals surface area contributed by atoms with Gasteiger partial charge in [0.05, 0.1) is 17.3 Å². The zero-order chi connectivity index (χ0) is 14.1. The van der Waals surface area contributed by atoms with Gasteiger partial charge < -0.3 is 4.57 Å². The predicted molar refractivity (Wildman–Crippen MR) is 71.1 cm³/mol. The molecule has 2 heterocycles. The van der Waals surface area contributed by atoms with Crippen LogP contribution in [0, 0.1) is 21.4 Å². The lowest BCUT2D eigenvalue weighted by atomic mass is 9.95. The molecule has 20 heavy (non-hydrogen) atoms. The van der Waals surface area contributed by atoms with E-state index in [4.69, 9.17) is 5.26 Å². The van der Waals surface area contributed by atoms with E-state index in [1.807, 2.05) is 12.3 Å². The molecule has 1 aromatic carbocycles. The van der Waals surface area contributed by atoms with E-state index >= 15 is 0 Å². The molecule has 0 bridgehead atoms. The first-order chi connectivity index (χ1) is 9.70. The fraction of sp³-hybridized carbons (Fsp3) is 0.286.